The molecular weight excluding hydrogens is 400 g/mol. The topological polar surface area (TPSA) is 88.7 Å². The lowest BCUT2D eigenvalue weighted by Gasteiger charge is -2.26. The molecule has 0 saturated heterocycles. The largest absolute Gasteiger partial charge is 0.457 e. The second-order valence-corrected chi connectivity index (χ2v) is 7.63. The molecule has 154 valence electrons. The molecule has 4 aromatic rings. The number of aliphatic imine (C=N–C) groups is 2. The monoisotopic (exact) mass is 419 g/mol. The summed E-state index contributed by atoms with van der Waals surface area (Å²) < 4.78 is 5.88. The first-order chi connectivity index (χ1) is 15.7. The minimum absolute atomic E-state index is 0.0429. The number of quaternary nitrogens is 1. The Morgan fingerprint density at radius 3 is 2.50 bits per heavy atom. The summed E-state index contributed by atoms with van der Waals surface area (Å²) >= 11 is 0. The fraction of sp³-hybridized carbons (Fsp3) is 0. The van der Waals surface area contributed by atoms with Crippen LogP contribution in [0.4, 0.5) is 0 Å². The lowest BCUT2D eigenvalue weighted by molar-refractivity contribution is -0.749. The van der Waals surface area contributed by atoms with Gasteiger partial charge in [-0.15, -0.1) is 4.59 Å². The van der Waals surface area contributed by atoms with Gasteiger partial charge in [-0.3, -0.25) is 10.1 Å². The third kappa shape index (κ3) is 2.96. The summed E-state index contributed by atoms with van der Waals surface area (Å²) in [5.41, 5.74) is 4.40. The van der Waals surface area contributed by atoms with E-state index in [0.717, 1.165) is 44.9 Å². The number of para-hydroxylation sites is 1. The van der Waals surface area contributed by atoms with Crippen LogP contribution < -0.4 is 10.6 Å². The summed E-state index contributed by atoms with van der Waals surface area (Å²) in [6.07, 6.45) is 7.11. The number of nitrogens with zero attached hydrogens (tertiary/aromatic N) is 4. The molecule has 0 bridgehead atoms. The van der Waals surface area contributed by atoms with Gasteiger partial charge in [-0.2, -0.15) is 15.9 Å². The van der Waals surface area contributed by atoms with E-state index in [1.807, 2.05) is 79.0 Å². The molecule has 3 aromatic carbocycles. The first kappa shape index (κ1) is 18.4. The summed E-state index contributed by atoms with van der Waals surface area (Å²) in [4.78, 5) is 9.29. The summed E-state index contributed by atoms with van der Waals surface area (Å²) in [5.74, 6) is 9.09. The van der Waals surface area contributed by atoms with Crippen molar-refractivity contribution in [3.05, 3.63) is 108 Å². The average molecular weight is 419 g/mol. The Hall–Kier alpha value is -4.33. The van der Waals surface area contributed by atoms with Gasteiger partial charge in [0.05, 0.1) is 29.7 Å². The van der Waals surface area contributed by atoms with Crippen LogP contribution in [0.3, 0.4) is 0 Å². The Morgan fingerprint density at radius 2 is 1.66 bits per heavy atom. The fourth-order valence-electron chi connectivity index (χ4n) is 3.97. The van der Waals surface area contributed by atoms with E-state index in [-0.39, 0.29) is 4.59 Å². The SMILES string of the molecule is N[N+]12C=CN=CC1=C(c1ccc3cn[nH]c3c1)N=C2c1ccc(Oc2ccccc2)cc1. The summed E-state index contributed by atoms with van der Waals surface area (Å²) in [6, 6.07) is 23.6. The predicted octanol–water partition coefficient (Wildman–Crippen LogP) is 4.73. The number of aromatic amines is 1. The van der Waals surface area contributed by atoms with E-state index >= 15 is 0 Å². The number of benzene rings is 3. The van der Waals surface area contributed by atoms with Gasteiger partial charge >= 0.3 is 0 Å². The maximum absolute atomic E-state index is 6.84. The van der Waals surface area contributed by atoms with Crippen molar-refractivity contribution in [3.8, 4) is 11.5 Å². The van der Waals surface area contributed by atoms with Crippen molar-refractivity contribution in [2.75, 3.05) is 0 Å². The van der Waals surface area contributed by atoms with E-state index in [1.54, 1.807) is 18.6 Å². The molecule has 32 heavy (non-hydrogen) atoms. The van der Waals surface area contributed by atoms with E-state index in [1.165, 1.54) is 0 Å². The highest BCUT2D eigenvalue weighted by molar-refractivity contribution is 6.07. The number of aromatic nitrogens is 2. The van der Waals surface area contributed by atoms with Gasteiger partial charge in [-0.25, -0.2) is 0 Å². The van der Waals surface area contributed by atoms with Gasteiger partial charge in [-0.1, -0.05) is 30.3 Å². The van der Waals surface area contributed by atoms with Gasteiger partial charge in [0.25, 0.3) is 5.84 Å². The molecule has 2 aliphatic heterocycles. The Morgan fingerprint density at radius 1 is 0.875 bits per heavy atom. The molecule has 1 unspecified atom stereocenters. The number of fused-ring (bicyclic) bond motifs is 2. The van der Waals surface area contributed by atoms with Gasteiger partial charge in [0.15, 0.2) is 0 Å². The smallest absolute Gasteiger partial charge is 0.265 e. The van der Waals surface area contributed by atoms with Crippen molar-refractivity contribution >= 4 is 28.7 Å². The van der Waals surface area contributed by atoms with Crippen LogP contribution >= 0.6 is 0 Å². The number of nitrogens with two attached hydrogens (primary N) is 1. The quantitative estimate of drug-likeness (QED) is 0.370. The number of amidine groups is 1. The molecule has 3 N–H and O–H groups in total. The molecule has 0 radical (unpaired) electrons. The maximum Gasteiger partial charge on any atom is 0.265 e. The van der Waals surface area contributed by atoms with Crippen LogP contribution in [-0.4, -0.2) is 26.8 Å². The minimum Gasteiger partial charge on any atom is -0.457 e. The predicted molar refractivity (Wildman–Crippen MR) is 125 cm³/mol. The molecule has 3 heterocycles. The van der Waals surface area contributed by atoms with E-state index in [4.69, 9.17) is 15.6 Å². The molecule has 0 amide bonds. The van der Waals surface area contributed by atoms with Crippen molar-refractivity contribution in [1.82, 2.24) is 10.2 Å². The third-order valence-corrected chi connectivity index (χ3v) is 5.60. The molecule has 7 nitrogen and oxygen atoms in total. The first-order valence-electron chi connectivity index (χ1n) is 10.2. The number of nitrogens with one attached hydrogen (secondary N) is 1. The van der Waals surface area contributed by atoms with Gasteiger partial charge in [-0.05, 0) is 42.5 Å². The zero-order valence-corrected chi connectivity index (χ0v) is 17.0. The Balaban J connectivity index is 1.39. The van der Waals surface area contributed by atoms with E-state index in [0.29, 0.717) is 5.84 Å². The van der Waals surface area contributed by atoms with Crippen LogP contribution in [0.5, 0.6) is 11.5 Å². The van der Waals surface area contributed by atoms with Crippen molar-refractivity contribution in [3.63, 3.8) is 0 Å². The van der Waals surface area contributed by atoms with Crippen LogP contribution in [0, 0.1) is 0 Å². The van der Waals surface area contributed by atoms with Crippen LogP contribution in [0.15, 0.2) is 107 Å². The average Bonchev–Trinajstić information content (AvgIpc) is 3.42. The standard InChI is InChI=1S/C25H19N6O/c26-31-13-12-27-16-23(31)24(18-6-7-19-15-28-30-22(19)14-18)29-25(31)17-8-10-21(11-9-17)32-20-4-2-1-3-5-20/h1-16H,26H2,(H,28,30)/q+1. The van der Waals surface area contributed by atoms with E-state index in [2.05, 4.69) is 15.2 Å². The summed E-state index contributed by atoms with van der Waals surface area (Å²) in [6.45, 7) is 0. The lowest BCUT2D eigenvalue weighted by atomic mass is 10.1. The van der Waals surface area contributed by atoms with Crippen molar-refractivity contribution < 1.29 is 9.33 Å². The molecule has 1 atom stereocenters. The van der Waals surface area contributed by atoms with Crippen LogP contribution in [0.25, 0.3) is 16.6 Å². The maximum atomic E-state index is 6.84. The van der Waals surface area contributed by atoms with Gasteiger partial charge < -0.3 is 4.74 Å². The molecule has 2 aliphatic rings. The number of rotatable bonds is 4. The van der Waals surface area contributed by atoms with Crippen LogP contribution in [0.2, 0.25) is 0 Å². The van der Waals surface area contributed by atoms with E-state index < -0.39 is 0 Å². The molecule has 1 aromatic heterocycles. The van der Waals surface area contributed by atoms with Gasteiger partial charge in [0.2, 0.25) is 5.70 Å². The Kier molecular flexibility index (Phi) is 4.10. The minimum atomic E-state index is -0.0429. The highest BCUT2D eigenvalue weighted by Gasteiger charge is 2.44. The normalized spacial score (nSPS) is 19.3. The van der Waals surface area contributed by atoms with Crippen molar-refractivity contribution in [1.29, 1.82) is 0 Å². The zero-order valence-electron chi connectivity index (χ0n) is 17.0. The van der Waals surface area contributed by atoms with Gasteiger partial charge in [0.1, 0.15) is 23.4 Å². The van der Waals surface area contributed by atoms with Crippen LogP contribution in [-0.2, 0) is 0 Å². The second kappa shape index (κ2) is 7.12. The number of hydrogen-bond donors (Lipinski definition) is 2. The lowest BCUT2D eigenvalue weighted by Crippen LogP contribution is -2.53. The number of allylic oxidation sites excluding steroid dienone is 1. The number of H-pyrrole nitrogens is 1. The number of ether oxygens (including phenoxy) is 1. The molecular formula is C25H19N6O+. The Labute approximate surface area is 184 Å². The molecule has 0 aliphatic carbocycles. The number of hydrogen-bond acceptors (Lipinski definition) is 5. The Bertz CT molecular complexity index is 1450. The summed E-state index contributed by atoms with van der Waals surface area (Å²) in [5, 5.41) is 8.17. The first-order valence-corrected chi connectivity index (χ1v) is 10.2. The molecule has 6 rings (SSSR count). The highest BCUT2D eigenvalue weighted by Crippen LogP contribution is 2.37. The summed E-state index contributed by atoms with van der Waals surface area (Å²) in [7, 11) is 0. The molecule has 0 spiro atoms. The van der Waals surface area contributed by atoms with Crippen molar-refractivity contribution in [2.24, 2.45) is 15.8 Å². The van der Waals surface area contributed by atoms with Crippen molar-refractivity contribution in [2.45, 2.75) is 0 Å². The third-order valence-electron chi connectivity index (χ3n) is 5.60. The zero-order chi connectivity index (χ0) is 21.5. The fourth-order valence-corrected chi connectivity index (χ4v) is 3.97. The molecule has 7 heteroatoms. The van der Waals surface area contributed by atoms with Crippen LogP contribution in [0.1, 0.15) is 11.1 Å². The van der Waals surface area contributed by atoms with Gasteiger partial charge in [0, 0.05) is 10.9 Å². The molecule has 0 fully saturated rings. The highest BCUT2D eigenvalue weighted by atomic mass is 16.5. The molecule has 0 saturated carbocycles. The second-order valence-electron chi connectivity index (χ2n) is 7.63. The van der Waals surface area contributed by atoms with E-state index in [9.17, 15) is 0 Å².